The van der Waals surface area contributed by atoms with Crippen molar-refractivity contribution in [2.45, 2.75) is 26.2 Å². The van der Waals surface area contributed by atoms with Crippen LogP contribution in [-0.4, -0.2) is 13.2 Å². The first kappa shape index (κ1) is 7.12. The number of rotatable bonds is 1. The number of hydrogen-bond donors (Lipinski definition) is 0. The minimum absolute atomic E-state index is 0.0226. The Hall–Kier alpha value is -0.550. The fourth-order valence-corrected chi connectivity index (χ4v) is 2.07. The molecule has 2 rings (SSSR count). The highest BCUT2D eigenvalue weighted by atomic mass is 16.5. The van der Waals surface area contributed by atoms with E-state index < -0.39 is 0 Å². The largest absolute Gasteiger partial charge is 0.380 e. The summed E-state index contributed by atoms with van der Waals surface area (Å²) in [5, 5.41) is 9.03. The molecule has 2 nitrogen and oxygen atoms in total. The lowest BCUT2D eigenvalue weighted by atomic mass is 9.53. The Morgan fingerprint density at radius 2 is 2.00 bits per heavy atom. The zero-order valence-electron chi connectivity index (χ0n) is 6.89. The third kappa shape index (κ3) is 0.696. The maximum absolute atomic E-state index is 9.03. The Kier molecular flexibility index (Phi) is 1.28. The van der Waals surface area contributed by atoms with Crippen molar-refractivity contribution in [3.05, 3.63) is 0 Å². The standard InChI is InChI=1S/C9H13NO/c1-8(6-11-7-8)9(5-10)3-2-4-9/h2-4,6-7H2,1H3. The van der Waals surface area contributed by atoms with Gasteiger partial charge >= 0.3 is 0 Å². The number of ether oxygens (including phenoxy) is 1. The fraction of sp³-hybridized carbons (Fsp3) is 0.889. The molecule has 1 aliphatic heterocycles. The molecule has 2 fully saturated rings. The molecule has 0 atom stereocenters. The lowest BCUT2D eigenvalue weighted by Gasteiger charge is -2.54. The molecule has 0 bridgehead atoms. The van der Waals surface area contributed by atoms with E-state index in [9.17, 15) is 0 Å². The van der Waals surface area contributed by atoms with Gasteiger partial charge in [0, 0.05) is 5.41 Å². The van der Waals surface area contributed by atoms with Crippen molar-refractivity contribution in [3.8, 4) is 6.07 Å². The summed E-state index contributed by atoms with van der Waals surface area (Å²) < 4.78 is 5.17. The third-order valence-electron chi connectivity index (χ3n) is 3.42. The second-order valence-electron chi connectivity index (χ2n) is 4.10. The van der Waals surface area contributed by atoms with Gasteiger partial charge in [-0.15, -0.1) is 0 Å². The zero-order chi connectivity index (χ0) is 7.95. The van der Waals surface area contributed by atoms with Gasteiger partial charge in [-0.2, -0.15) is 5.26 Å². The van der Waals surface area contributed by atoms with E-state index in [2.05, 4.69) is 13.0 Å². The van der Waals surface area contributed by atoms with Crippen molar-refractivity contribution in [2.75, 3.05) is 13.2 Å². The smallest absolute Gasteiger partial charge is 0.0697 e. The van der Waals surface area contributed by atoms with Crippen LogP contribution in [0.25, 0.3) is 0 Å². The lowest BCUT2D eigenvalue weighted by molar-refractivity contribution is -0.177. The summed E-state index contributed by atoms with van der Waals surface area (Å²) >= 11 is 0. The molecular formula is C9H13NO. The van der Waals surface area contributed by atoms with E-state index in [0.29, 0.717) is 0 Å². The summed E-state index contributed by atoms with van der Waals surface area (Å²) in [5.41, 5.74) is 0.158. The Morgan fingerprint density at radius 1 is 1.36 bits per heavy atom. The summed E-state index contributed by atoms with van der Waals surface area (Å²) in [6.07, 6.45) is 3.40. The van der Waals surface area contributed by atoms with Crippen molar-refractivity contribution in [3.63, 3.8) is 0 Å². The van der Waals surface area contributed by atoms with Crippen molar-refractivity contribution >= 4 is 0 Å². The van der Waals surface area contributed by atoms with E-state index in [1.165, 1.54) is 6.42 Å². The molecule has 1 aliphatic carbocycles. The van der Waals surface area contributed by atoms with Crippen LogP contribution in [0.4, 0.5) is 0 Å². The Balaban J connectivity index is 2.18. The van der Waals surface area contributed by atoms with Crippen molar-refractivity contribution in [2.24, 2.45) is 10.8 Å². The second-order valence-corrected chi connectivity index (χ2v) is 4.10. The molecule has 1 saturated heterocycles. The Labute approximate surface area is 67.2 Å². The molecule has 0 unspecified atom stereocenters. The zero-order valence-corrected chi connectivity index (χ0v) is 6.89. The molecular weight excluding hydrogens is 138 g/mol. The van der Waals surface area contributed by atoms with Crippen molar-refractivity contribution < 1.29 is 4.74 Å². The third-order valence-corrected chi connectivity index (χ3v) is 3.42. The first-order valence-corrected chi connectivity index (χ1v) is 4.22. The highest BCUT2D eigenvalue weighted by Crippen LogP contribution is 2.56. The van der Waals surface area contributed by atoms with Crippen LogP contribution in [0, 0.1) is 22.2 Å². The first-order chi connectivity index (χ1) is 5.22. The number of nitrogens with zero attached hydrogens (tertiary/aromatic N) is 1. The Bertz CT molecular complexity index is 208. The first-order valence-electron chi connectivity index (χ1n) is 4.22. The molecule has 2 heteroatoms. The number of hydrogen-bond acceptors (Lipinski definition) is 2. The second kappa shape index (κ2) is 1.98. The van der Waals surface area contributed by atoms with Gasteiger partial charge in [0.05, 0.1) is 24.7 Å². The van der Waals surface area contributed by atoms with Gasteiger partial charge in [0.15, 0.2) is 0 Å². The maximum Gasteiger partial charge on any atom is 0.0697 e. The molecule has 60 valence electrons. The summed E-state index contributed by atoms with van der Waals surface area (Å²) in [7, 11) is 0. The molecule has 0 aromatic rings. The van der Waals surface area contributed by atoms with Gasteiger partial charge in [-0.05, 0) is 12.8 Å². The van der Waals surface area contributed by atoms with E-state index in [1.54, 1.807) is 0 Å². The highest BCUT2D eigenvalue weighted by molar-refractivity contribution is 5.15. The predicted octanol–water partition coefficient (Wildman–Crippen LogP) is 1.72. The van der Waals surface area contributed by atoms with Crippen LogP contribution in [0.15, 0.2) is 0 Å². The molecule has 0 aromatic heterocycles. The van der Waals surface area contributed by atoms with Gasteiger partial charge in [-0.1, -0.05) is 13.3 Å². The summed E-state index contributed by atoms with van der Waals surface area (Å²) in [4.78, 5) is 0. The molecule has 0 spiro atoms. The van der Waals surface area contributed by atoms with Crippen LogP contribution in [0.1, 0.15) is 26.2 Å². The van der Waals surface area contributed by atoms with Crippen LogP contribution in [0.2, 0.25) is 0 Å². The van der Waals surface area contributed by atoms with Gasteiger partial charge in [0.2, 0.25) is 0 Å². The maximum atomic E-state index is 9.03. The molecule has 0 N–H and O–H groups in total. The fourth-order valence-electron chi connectivity index (χ4n) is 2.07. The van der Waals surface area contributed by atoms with Crippen molar-refractivity contribution in [1.82, 2.24) is 0 Å². The van der Waals surface area contributed by atoms with Crippen LogP contribution < -0.4 is 0 Å². The lowest BCUT2D eigenvalue weighted by Crippen LogP contribution is -2.55. The van der Waals surface area contributed by atoms with Gasteiger partial charge in [0.1, 0.15) is 0 Å². The highest BCUT2D eigenvalue weighted by Gasteiger charge is 2.56. The minimum atomic E-state index is -0.0226. The summed E-state index contributed by atoms with van der Waals surface area (Å²) in [6, 6.07) is 2.48. The van der Waals surface area contributed by atoms with E-state index in [-0.39, 0.29) is 10.8 Å². The van der Waals surface area contributed by atoms with E-state index >= 15 is 0 Å². The van der Waals surface area contributed by atoms with E-state index in [0.717, 1.165) is 26.1 Å². The van der Waals surface area contributed by atoms with Crippen LogP contribution in [-0.2, 0) is 4.74 Å². The van der Waals surface area contributed by atoms with Gasteiger partial charge < -0.3 is 4.74 Å². The molecule has 0 amide bonds. The monoisotopic (exact) mass is 151 g/mol. The van der Waals surface area contributed by atoms with Gasteiger partial charge in [0.25, 0.3) is 0 Å². The van der Waals surface area contributed by atoms with Crippen molar-refractivity contribution in [1.29, 1.82) is 5.26 Å². The SMILES string of the molecule is CC1(C2(C#N)CCC2)COC1. The average Bonchev–Trinajstić information content (AvgIpc) is 1.83. The topological polar surface area (TPSA) is 33.0 Å². The normalized spacial score (nSPS) is 31.3. The van der Waals surface area contributed by atoms with Gasteiger partial charge in [-0.25, -0.2) is 0 Å². The molecule has 1 heterocycles. The molecule has 11 heavy (non-hydrogen) atoms. The predicted molar refractivity (Wildman–Crippen MR) is 40.8 cm³/mol. The molecule has 0 aromatic carbocycles. The summed E-state index contributed by atoms with van der Waals surface area (Å²) in [5.74, 6) is 0. The Morgan fingerprint density at radius 3 is 2.09 bits per heavy atom. The van der Waals surface area contributed by atoms with Gasteiger partial charge in [-0.3, -0.25) is 0 Å². The minimum Gasteiger partial charge on any atom is -0.380 e. The van der Waals surface area contributed by atoms with Crippen LogP contribution in [0.3, 0.4) is 0 Å². The van der Waals surface area contributed by atoms with Crippen LogP contribution >= 0.6 is 0 Å². The molecule has 0 radical (unpaired) electrons. The molecule has 2 aliphatic rings. The molecule has 1 saturated carbocycles. The van der Waals surface area contributed by atoms with E-state index in [4.69, 9.17) is 10.00 Å². The quantitative estimate of drug-likeness (QED) is 0.571. The number of nitriles is 1. The van der Waals surface area contributed by atoms with E-state index in [1.807, 2.05) is 0 Å². The summed E-state index contributed by atoms with van der Waals surface area (Å²) in [6.45, 7) is 3.76. The van der Waals surface area contributed by atoms with Crippen LogP contribution in [0.5, 0.6) is 0 Å². The average molecular weight is 151 g/mol.